The van der Waals surface area contributed by atoms with Gasteiger partial charge in [0, 0.05) is 14.7 Å². The Balaban J connectivity index is 2.50. The summed E-state index contributed by atoms with van der Waals surface area (Å²) in [6.07, 6.45) is 0. The van der Waals surface area contributed by atoms with Gasteiger partial charge in [0.2, 0.25) is 0 Å². The Morgan fingerprint density at radius 1 is 1.10 bits per heavy atom. The molecule has 2 rings (SSSR count). The maximum Gasteiger partial charge on any atom is 0.162 e. The number of hydrogen-bond acceptors (Lipinski definition) is 3. The van der Waals surface area contributed by atoms with Crippen molar-refractivity contribution in [2.75, 3.05) is 14.2 Å². The molecule has 2 aromatic carbocycles. The third-order valence-corrected chi connectivity index (χ3v) is 4.40. The third kappa shape index (κ3) is 3.41. The summed E-state index contributed by atoms with van der Waals surface area (Å²) in [4.78, 5) is 0. The second-order valence-corrected chi connectivity index (χ2v) is 5.94. The zero-order valence-corrected chi connectivity index (χ0v) is 14.4. The number of ether oxygens (including phenoxy) is 2. The molecule has 112 valence electrons. The van der Waals surface area contributed by atoms with Gasteiger partial charge in [0.15, 0.2) is 11.5 Å². The topological polar surface area (TPSA) is 44.5 Å². The van der Waals surface area contributed by atoms with E-state index in [-0.39, 0.29) is 5.82 Å². The molecular formula is C15H14ClFINO2. The van der Waals surface area contributed by atoms with Gasteiger partial charge in [-0.05, 0) is 51.9 Å². The van der Waals surface area contributed by atoms with E-state index < -0.39 is 6.04 Å². The Bertz CT molecular complexity index is 666. The van der Waals surface area contributed by atoms with E-state index in [0.717, 1.165) is 9.13 Å². The van der Waals surface area contributed by atoms with Crippen LogP contribution in [-0.4, -0.2) is 14.2 Å². The molecule has 0 aliphatic rings. The van der Waals surface area contributed by atoms with Crippen molar-refractivity contribution in [3.8, 4) is 11.5 Å². The van der Waals surface area contributed by atoms with E-state index in [0.29, 0.717) is 22.1 Å². The Morgan fingerprint density at radius 2 is 1.71 bits per heavy atom. The number of methoxy groups -OCH3 is 2. The predicted octanol–water partition coefficient (Wildman–Crippen LogP) is 4.15. The highest BCUT2D eigenvalue weighted by atomic mass is 127. The molecule has 2 N–H and O–H groups in total. The number of benzene rings is 2. The lowest BCUT2D eigenvalue weighted by Crippen LogP contribution is -2.14. The first-order valence-corrected chi connectivity index (χ1v) is 7.55. The minimum absolute atomic E-state index is 0.297. The van der Waals surface area contributed by atoms with E-state index in [4.69, 9.17) is 26.8 Å². The van der Waals surface area contributed by atoms with Crippen LogP contribution in [0.2, 0.25) is 5.02 Å². The summed E-state index contributed by atoms with van der Waals surface area (Å²) in [6, 6.07) is 7.40. The maximum atomic E-state index is 13.2. The van der Waals surface area contributed by atoms with Crippen molar-refractivity contribution in [2.24, 2.45) is 5.73 Å². The molecule has 0 bridgehead atoms. The van der Waals surface area contributed by atoms with Gasteiger partial charge in [-0.1, -0.05) is 17.7 Å². The zero-order valence-electron chi connectivity index (χ0n) is 11.5. The van der Waals surface area contributed by atoms with Crippen LogP contribution in [0, 0.1) is 9.39 Å². The highest BCUT2D eigenvalue weighted by Gasteiger charge is 2.19. The molecule has 0 aromatic heterocycles. The number of halogens is 3. The maximum absolute atomic E-state index is 13.2. The summed E-state index contributed by atoms with van der Waals surface area (Å²) in [6.45, 7) is 0. The predicted molar refractivity (Wildman–Crippen MR) is 89.7 cm³/mol. The third-order valence-electron chi connectivity index (χ3n) is 3.14. The van der Waals surface area contributed by atoms with Crippen molar-refractivity contribution in [3.05, 3.63) is 55.9 Å². The van der Waals surface area contributed by atoms with Gasteiger partial charge in [0.1, 0.15) is 5.82 Å². The average Bonchev–Trinajstić information content (AvgIpc) is 2.46. The van der Waals surface area contributed by atoms with Gasteiger partial charge < -0.3 is 15.2 Å². The SMILES string of the molecule is COc1cc(Cl)c(C(N)c2ccc(F)cc2I)cc1OC. The molecule has 1 atom stereocenters. The van der Waals surface area contributed by atoms with Crippen molar-refractivity contribution < 1.29 is 13.9 Å². The molecule has 21 heavy (non-hydrogen) atoms. The van der Waals surface area contributed by atoms with Crippen LogP contribution in [0.15, 0.2) is 30.3 Å². The van der Waals surface area contributed by atoms with Crippen LogP contribution in [0.4, 0.5) is 4.39 Å². The van der Waals surface area contributed by atoms with Gasteiger partial charge in [0.25, 0.3) is 0 Å². The quantitative estimate of drug-likeness (QED) is 0.755. The molecule has 6 heteroatoms. The first kappa shape index (κ1) is 16.3. The van der Waals surface area contributed by atoms with Gasteiger partial charge in [-0.25, -0.2) is 4.39 Å². The number of hydrogen-bond donors (Lipinski definition) is 1. The fraction of sp³-hybridized carbons (Fsp3) is 0.200. The molecule has 0 aliphatic heterocycles. The van der Waals surface area contributed by atoms with E-state index in [9.17, 15) is 4.39 Å². The second kappa shape index (κ2) is 6.81. The Morgan fingerprint density at radius 3 is 2.29 bits per heavy atom. The first-order valence-electron chi connectivity index (χ1n) is 6.10. The molecule has 0 amide bonds. The zero-order chi connectivity index (χ0) is 15.6. The van der Waals surface area contributed by atoms with Crippen LogP contribution in [0.25, 0.3) is 0 Å². The molecular weight excluding hydrogens is 408 g/mol. The molecule has 2 aromatic rings. The number of rotatable bonds is 4. The van der Waals surface area contributed by atoms with Crippen molar-refractivity contribution >= 4 is 34.2 Å². The van der Waals surface area contributed by atoms with Crippen LogP contribution >= 0.6 is 34.2 Å². The highest BCUT2D eigenvalue weighted by Crippen LogP contribution is 2.37. The second-order valence-electron chi connectivity index (χ2n) is 4.37. The van der Waals surface area contributed by atoms with Crippen LogP contribution < -0.4 is 15.2 Å². The molecule has 0 aliphatic carbocycles. The van der Waals surface area contributed by atoms with E-state index in [1.807, 2.05) is 0 Å². The van der Waals surface area contributed by atoms with Crippen LogP contribution in [-0.2, 0) is 0 Å². The van der Waals surface area contributed by atoms with E-state index >= 15 is 0 Å². The lowest BCUT2D eigenvalue weighted by molar-refractivity contribution is 0.354. The lowest BCUT2D eigenvalue weighted by Gasteiger charge is -2.18. The standard InChI is InChI=1S/C15H14ClFINO2/c1-20-13-6-10(11(16)7-14(13)21-2)15(19)9-4-3-8(17)5-12(9)18/h3-7,15H,19H2,1-2H3. The Kier molecular flexibility index (Phi) is 5.29. The molecule has 0 heterocycles. The monoisotopic (exact) mass is 421 g/mol. The van der Waals surface area contributed by atoms with Gasteiger partial charge in [-0.3, -0.25) is 0 Å². The Labute approximate surface area is 141 Å². The van der Waals surface area contributed by atoms with Gasteiger partial charge in [0.05, 0.1) is 20.3 Å². The van der Waals surface area contributed by atoms with Gasteiger partial charge >= 0.3 is 0 Å². The van der Waals surface area contributed by atoms with Gasteiger partial charge in [-0.15, -0.1) is 0 Å². The smallest absolute Gasteiger partial charge is 0.162 e. The summed E-state index contributed by atoms with van der Waals surface area (Å²) in [7, 11) is 3.08. The molecule has 0 spiro atoms. The van der Waals surface area contributed by atoms with Crippen LogP contribution in [0.5, 0.6) is 11.5 Å². The van der Waals surface area contributed by atoms with E-state index in [1.165, 1.54) is 19.2 Å². The van der Waals surface area contributed by atoms with Crippen LogP contribution in [0.1, 0.15) is 17.2 Å². The van der Waals surface area contributed by atoms with E-state index in [1.54, 1.807) is 25.3 Å². The molecule has 0 saturated carbocycles. The molecule has 1 unspecified atom stereocenters. The van der Waals surface area contributed by atoms with Crippen molar-refractivity contribution in [1.82, 2.24) is 0 Å². The highest BCUT2D eigenvalue weighted by molar-refractivity contribution is 14.1. The van der Waals surface area contributed by atoms with Gasteiger partial charge in [-0.2, -0.15) is 0 Å². The largest absolute Gasteiger partial charge is 0.493 e. The van der Waals surface area contributed by atoms with Crippen molar-refractivity contribution in [3.63, 3.8) is 0 Å². The fourth-order valence-corrected chi connectivity index (χ4v) is 3.11. The number of nitrogens with two attached hydrogens (primary N) is 1. The fourth-order valence-electron chi connectivity index (χ4n) is 2.03. The van der Waals surface area contributed by atoms with Crippen molar-refractivity contribution in [2.45, 2.75) is 6.04 Å². The molecule has 3 nitrogen and oxygen atoms in total. The molecule has 0 fully saturated rings. The first-order chi connectivity index (χ1) is 9.97. The normalized spacial score (nSPS) is 12.1. The minimum Gasteiger partial charge on any atom is -0.493 e. The lowest BCUT2D eigenvalue weighted by atomic mass is 9.99. The summed E-state index contributed by atoms with van der Waals surface area (Å²) in [5, 5.41) is 0.472. The van der Waals surface area contributed by atoms with Crippen molar-refractivity contribution in [1.29, 1.82) is 0 Å². The minimum atomic E-state index is -0.482. The summed E-state index contributed by atoms with van der Waals surface area (Å²) >= 11 is 8.33. The summed E-state index contributed by atoms with van der Waals surface area (Å²) in [5.74, 6) is 0.783. The summed E-state index contributed by atoms with van der Waals surface area (Å²) in [5.41, 5.74) is 7.77. The van der Waals surface area contributed by atoms with E-state index in [2.05, 4.69) is 22.6 Å². The summed E-state index contributed by atoms with van der Waals surface area (Å²) < 4.78 is 24.4. The Hall–Kier alpha value is -1.05. The average molecular weight is 422 g/mol. The molecule has 0 radical (unpaired) electrons. The molecule has 0 saturated heterocycles. The van der Waals surface area contributed by atoms with Crippen LogP contribution in [0.3, 0.4) is 0 Å².